The summed E-state index contributed by atoms with van der Waals surface area (Å²) < 4.78 is 10.6. The smallest absolute Gasteiger partial charge is 0.230 e. The number of ether oxygens (including phenoxy) is 1. The molecule has 156 valence electrons. The Morgan fingerprint density at radius 2 is 1.76 bits per heavy atom. The van der Waals surface area contributed by atoms with Gasteiger partial charge in [-0.2, -0.15) is 0 Å². The molecule has 2 heterocycles. The maximum Gasteiger partial charge on any atom is 0.230 e. The van der Waals surface area contributed by atoms with Crippen LogP contribution in [0.3, 0.4) is 0 Å². The van der Waals surface area contributed by atoms with Crippen molar-refractivity contribution in [3.63, 3.8) is 0 Å². The highest BCUT2D eigenvalue weighted by Gasteiger charge is 2.36. The summed E-state index contributed by atoms with van der Waals surface area (Å²) in [7, 11) is 0. The molecular formula is C22H31N5OS. The molecule has 1 aromatic heterocycles. The number of benzene rings is 1. The van der Waals surface area contributed by atoms with Crippen molar-refractivity contribution in [2.45, 2.75) is 64.2 Å². The van der Waals surface area contributed by atoms with E-state index in [-0.39, 0.29) is 0 Å². The zero-order valence-corrected chi connectivity index (χ0v) is 18.1. The molecule has 0 spiro atoms. The number of rotatable bonds is 6. The normalized spacial score (nSPS) is 20.7. The fourth-order valence-electron chi connectivity index (χ4n) is 4.81. The molecule has 3 aliphatic rings. The summed E-state index contributed by atoms with van der Waals surface area (Å²) in [6.07, 6.45) is 7.99. The van der Waals surface area contributed by atoms with E-state index >= 15 is 0 Å². The van der Waals surface area contributed by atoms with Crippen LogP contribution in [0.15, 0.2) is 24.3 Å². The maximum atomic E-state index is 6.00. The van der Waals surface area contributed by atoms with Crippen molar-refractivity contribution in [3.05, 3.63) is 34.6 Å². The van der Waals surface area contributed by atoms with E-state index in [1.807, 2.05) is 0 Å². The molecule has 0 amide bonds. The van der Waals surface area contributed by atoms with Crippen LogP contribution >= 0.6 is 12.2 Å². The van der Waals surface area contributed by atoms with Crippen LogP contribution < -0.4 is 4.90 Å². The third-order valence-electron chi connectivity index (χ3n) is 6.58. The molecule has 5 rings (SSSR count). The highest BCUT2D eigenvalue weighted by Crippen LogP contribution is 2.35. The molecule has 0 atom stereocenters. The van der Waals surface area contributed by atoms with Gasteiger partial charge in [0.05, 0.1) is 25.6 Å². The lowest BCUT2D eigenvalue weighted by atomic mass is 10.2. The van der Waals surface area contributed by atoms with Crippen LogP contribution in [0.25, 0.3) is 5.69 Å². The van der Waals surface area contributed by atoms with Crippen LogP contribution in [0.4, 0.5) is 5.95 Å². The standard InChI is InChI=1S/C22H31N5OS/c1-17-6-2-5-9-20(17)27-21(24-12-14-28-15-13-24)23-26(22(27)29)16-25(19-10-11-19)18-7-3-4-8-18/h2,5-6,9,18-19H,3-4,7-8,10-16H2,1H3. The van der Waals surface area contributed by atoms with Crippen molar-refractivity contribution < 1.29 is 4.74 Å². The van der Waals surface area contributed by atoms with Gasteiger partial charge in [-0.3, -0.25) is 9.47 Å². The first-order valence-corrected chi connectivity index (χ1v) is 11.5. The summed E-state index contributed by atoms with van der Waals surface area (Å²) in [4.78, 5) is 5.00. The summed E-state index contributed by atoms with van der Waals surface area (Å²) >= 11 is 6.00. The third-order valence-corrected chi connectivity index (χ3v) is 6.97. The van der Waals surface area contributed by atoms with Crippen LogP contribution in [0, 0.1) is 11.7 Å². The molecule has 0 N–H and O–H groups in total. The van der Waals surface area contributed by atoms with E-state index in [4.69, 9.17) is 22.1 Å². The minimum atomic E-state index is 0.694. The van der Waals surface area contributed by atoms with Crippen LogP contribution in [0.2, 0.25) is 0 Å². The summed E-state index contributed by atoms with van der Waals surface area (Å²) in [6, 6.07) is 9.87. The van der Waals surface area contributed by atoms with Crippen LogP contribution in [0.1, 0.15) is 44.1 Å². The van der Waals surface area contributed by atoms with Crippen molar-refractivity contribution in [2.75, 3.05) is 31.2 Å². The molecule has 0 unspecified atom stereocenters. The predicted molar refractivity (Wildman–Crippen MR) is 117 cm³/mol. The number of nitrogens with zero attached hydrogens (tertiary/aromatic N) is 5. The number of aromatic nitrogens is 3. The Kier molecular flexibility index (Phi) is 5.45. The first-order chi connectivity index (χ1) is 14.2. The fourth-order valence-corrected chi connectivity index (χ4v) is 5.09. The largest absolute Gasteiger partial charge is 0.378 e. The van der Waals surface area contributed by atoms with Gasteiger partial charge in [0.15, 0.2) is 0 Å². The van der Waals surface area contributed by atoms with E-state index in [1.165, 1.54) is 44.1 Å². The average Bonchev–Trinajstić information content (AvgIpc) is 3.34. The van der Waals surface area contributed by atoms with Crippen molar-refractivity contribution in [1.82, 2.24) is 19.2 Å². The quantitative estimate of drug-likeness (QED) is 0.672. The number of para-hydroxylation sites is 1. The van der Waals surface area contributed by atoms with E-state index in [2.05, 4.69) is 50.2 Å². The van der Waals surface area contributed by atoms with E-state index < -0.39 is 0 Å². The van der Waals surface area contributed by atoms with Crippen LogP contribution in [0.5, 0.6) is 0 Å². The van der Waals surface area contributed by atoms with Crippen molar-refractivity contribution >= 4 is 18.2 Å². The van der Waals surface area contributed by atoms with Crippen molar-refractivity contribution in [3.8, 4) is 5.69 Å². The summed E-state index contributed by atoms with van der Waals surface area (Å²) in [5, 5.41) is 5.08. The maximum absolute atomic E-state index is 6.00. The van der Waals surface area contributed by atoms with Crippen LogP contribution in [-0.2, 0) is 11.4 Å². The third kappa shape index (κ3) is 3.88. The topological polar surface area (TPSA) is 38.5 Å². The minimum absolute atomic E-state index is 0.694. The number of aryl methyl sites for hydroxylation is 1. The highest BCUT2D eigenvalue weighted by molar-refractivity contribution is 7.71. The lowest BCUT2D eigenvalue weighted by molar-refractivity contribution is 0.121. The second-order valence-corrected chi connectivity index (χ2v) is 8.99. The van der Waals surface area contributed by atoms with Gasteiger partial charge in [0.1, 0.15) is 0 Å². The molecule has 0 bridgehead atoms. The van der Waals surface area contributed by atoms with Gasteiger partial charge in [0.2, 0.25) is 10.7 Å². The van der Waals surface area contributed by atoms with Gasteiger partial charge in [0.25, 0.3) is 0 Å². The van der Waals surface area contributed by atoms with Crippen molar-refractivity contribution in [1.29, 1.82) is 0 Å². The Bertz CT molecular complexity index is 906. The molecular weight excluding hydrogens is 382 g/mol. The van der Waals surface area contributed by atoms with Gasteiger partial charge in [0, 0.05) is 25.2 Å². The van der Waals surface area contributed by atoms with E-state index in [0.717, 1.165) is 55.4 Å². The Hall–Kier alpha value is -1.70. The van der Waals surface area contributed by atoms with Gasteiger partial charge in [-0.15, -0.1) is 5.10 Å². The fraction of sp³-hybridized carbons (Fsp3) is 0.636. The number of anilines is 1. The SMILES string of the molecule is Cc1ccccc1-n1c(N2CCOCC2)nn(CN(C2CCCC2)C2CC2)c1=S. The summed E-state index contributed by atoms with van der Waals surface area (Å²) in [5.41, 5.74) is 2.34. The first kappa shape index (κ1) is 19.3. The molecule has 7 heteroatoms. The van der Waals surface area contributed by atoms with E-state index in [1.54, 1.807) is 0 Å². The van der Waals surface area contributed by atoms with E-state index in [0.29, 0.717) is 6.04 Å². The Balaban J connectivity index is 1.54. The zero-order valence-electron chi connectivity index (χ0n) is 17.3. The average molecular weight is 414 g/mol. The van der Waals surface area contributed by atoms with Crippen molar-refractivity contribution in [2.24, 2.45) is 0 Å². The molecule has 2 aliphatic carbocycles. The van der Waals surface area contributed by atoms with Gasteiger partial charge < -0.3 is 9.64 Å². The molecule has 2 aromatic rings. The number of morpholine rings is 1. The second kappa shape index (κ2) is 8.20. The Morgan fingerprint density at radius 3 is 2.45 bits per heavy atom. The van der Waals surface area contributed by atoms with Crippen LogP contribution in [-0.4, -0.2) is 57.6 Å². The first-order valence-electron chi connectivity index (χ1n) is 11.1. The molecule has 0 radical (unpaired) electrons. The molecule has 1 saturated heterocycles. The van der Waals surface area contributed by atoms with Gasteiger partial charge in [-0.05, 0) is 56.5 Å². The molecule has 1 aromatic carbocycles. The highest BCUT2D eigenvalue weighted by atomic mass is 32.1. The summed E-state index contributed by atoms with van der Waals surface area (Å²) in [6.45, 7) is 6.14. The van der Waals surface area contributed by atoms with Gasteiger partial charge in [-0.25, -0.2) is 4.68 Å². The number of hydrogen-bond acceptors (Lipinski definition) is 5. The lowest BCUT2D eigenvalue weighted by Gasteiger charge is -2.28. The summed E-state index contributed by atoms with van der Waals surface area (Å²) in [5.74, 6) is 0.953. The molecule has 6 nitrogen and oxygen atoms in total. The second-order valence-electron chi connectivity index (χ2n) is 8.63. The molecule has 29 heavy (non-hydrogen) atoms. The molecule has 3 fully saturated rings. The Morgan fingerprint density at radius 1 is 1.07 bits per heavy atom. The zero-order chi connectivity index (χ0) is 19.8. The van der Waals surface area contributed by atoms with E-state index in [9.17, 15) is 0 Å². The lowest BCUT2D eigenvalue weighted by Crippen LogP contribution is -2.38. The van der Waals surface area contributed by atoms with Gasteiger partial charge in [-0.1, -0.05) is 31.0 Å². The minimum Gasteiger partial charge on any atom is -0.378 e. The molecule has 1 aliphatic heterocycles. The monoisotopic (exact) mass is 413 g/mol. The van der Waals surface area contributed by atoms with Gasteiger partial charge >= 0.3 is 0 Å². The number of hydrogen-bond donors (Lipinski definition) is 0. The molecule has 2 saturated carbocycles. The predicted octanol–water partition coefficient (Wildman–Crippen LogP) is 3.91. The Labute approximate surface area is 178 Å².